The van der Waals surface area contributed by atoms with Crippen molar-refractivity contribution in [2.75, 3.05) is 19.6 Å². The van der Waals surface area contributed by atoms with E-state index >= 15 is 0 Å². The molecule has 14 N–H and O–H groups in total. The molecule has 0 bridgehead atoms. The number of hydrogen-bond donors (Lipinski definition) is 11. The van der Waals surface area contributed by atoms with Gasteiger partial charge in [-0.1, -0.05) is 27.7 Å². The number of unbranched alkanes of at least 4 members (excludes halogenated alkanes) is 1. The summed E-state index contributed by atoms with van der Waals surface area (Å²) in [6.45, 7) is 6.03. The zero-order valence-corrected chi connectivity index (χ0v) is 29.6. The minimum atomic E-state index is -1.48. The van der Waals surface area contributed by atoms with Gasteiger partial charge in [-0.25, -0.2) is 0 Å². The SMILES string of the molecule is CC(C)C[C@H](NC(=O)[C@H](CCC(=O)O)NC(=O)[C@H](CCCCN)NC(=O)CNC(=O)[C@H](CC(N)=O)NC(=O)[C@@H](N)CC(C)C)C(=O)NCC(=O)O. The minimum Gasteiger partial charge on any atom is -0.481 e. The molecular weight excluding hydrogens is 674 g/mol. The molecule has 0 radical (unpaired) electrons. The van der Waals surface area contributed by atoms with Gasteiger partial charge in [-0.05, 0) is 56.9 Å². The third-order valence-corrected chi connectivity index (χ3v) is 7.16. The van der Waals surface area contributed by atoms with E-state index in [-0.39, 0.29) is 31.2 Å². The maximum absolute atomic E-state index is 13.4. The van der Waals surface area contributed by atoms with Crippen LogP contribution in [-0.2, 0) is 43.2 Å². The topological polar surface area (TPSA) is 344 Å². The van der Waals surface area contributed by atoms with Gasteiger partial charge in [0.15, 0.2) is 0 Å². The second kappa shape index (κ2) is 24.3. The molecule has 7 amide bonds. The van der Waals surface area contributed by atoms with E-state index in [9.17, 15) is 48.3 Å². The number of nitrogens with two attached hydrogens (primary N) is 3. The molecule has 290 valence electrons. The van der Waals surface area contributed by atoms with Crippen molar-refractivity contribution in [1.29, 1.82) is 0 Å². The van der Waals surface area contributed by atoms with E-state index in [0.717, 1.165) is 0 Å². The van der Waals surface area contributed by atoms with Crippen LogP contribution in [0.5, 0.6) is 0 Å². The van der Waals surface area contributed by atoms with E-state index in [0.29, 0.717) is 19.3 Å². The summed E-state index contributed by atoms with van der Waals surface area (Å²) in [5.74, 6) is -8.67. The van der Waals surface area contributed by atoms with Crippen molar-refractivity contribution in [2.24, 2.45) is 29.0 Å². The number of carbonyl (C=O) groups is 9. The molecule has 0 saturated heterocycles. The van der Waals surface area contributed by atoms with Gasteiger partial charge in [0, 0.05) is 6.42 Å². The lowest BCUT2D eigenvalue weighted by molar-refractivity contribution is -0.139. The Balaban J connectivity index is 5.86. The Morgan fingerprint density at radius 1 is 0.588 bits per heavy atom. The molecule has 0 unspecified atom stereocenters. The van der Waals surface area contributed by atoms with E-state index in [2.05, 4.69) is 31.9 Å². The van der Waals surface area contributed by atoms with Crippen LogP contribution in [0.4, 0.5) is 0 Å². The minimum absolute atomic E-state index is 0.0255. The zero-order valence-electron chi connectivity index (χ0n) is 29.6. The average Bonchev–Trinajstić information content (AvgIpc) is 3.02. The molecule has 0 aliphatic rings. The fourth-order valence-corrected chi connectivity index (χ4v) is 4.67. The predicted octanol–water partition coefficient (Wildman–Crippen LogP) is -3.47. The van der Waals surface area contributed by atoms with Crippen molar-refractivity contribution in [1.82, 2.24) is 31.9 Å². The number of aliphatic carboxylic acids is 2. The summed E-state index contributed by atoms with van der Waals surface area (Å²) < 4.78 is 0. The summed E-state index contributed by atoms with van der Waals surface area (Å²) in [7, 11) is 0. The number of carboxylic acid groups (broad SMARTS) is 2. The third-order valence-electron chi connectivity index (χ3n) is 7.16. The first-order valence-electron chi connectivity index (χ1n) is 16.7. The fraction of sp³-hybridized carbons (Fsp3) is 0.710. The Labute approximate surface area is 296 Å². The van der Waals surface area contributed by atoms with Crippen molar-refractivity contribution in [2.45, 2.75) is 109 Å². The molecule has 0 saturated carbocycles. The molecule has 0 aliphatic heterocycles. The van der Waals surface area contributed by atoms with Crippen LogP contribution in [0.25, 0.3) is 0 Å². The Morgan fingerprint density at radius 3 is 1.61 bits per heavy atom. The van der Waals surface area contributed by atoms with E-state index < -0.39 is 116 Å². The lowest BCUT2D eigenvalue weighted by Crippen LogP contribution is -2.58. The summed E-state index contributed by atoms with van der Waals surface area (Å²) in [6.07, 6.45) is -0.326. The van der Waals surface area contributed by atoms with Gasteiger partial charge in [0.2, 0.25) is 41.4 Å². The molecule has 0 aromatic heterocycles. The lowest BCUT2D eigenvalue weighted by atomic mass is 10.0. The molecule has 0 aromatic carbocycles. The largest absolute Gasteiger partial charge is 0.481 e. The van der Waals surface area contributed by atoms with Crippen LogP contribution in [0.1, 0.15) is 79.1 Å². The quantitative estimate of drug-likeness (QED) is 0.0386. The number of rotatable bonds is 26. The second-order valence-corrected chi connectivity index (χ2v) is 12.9. The highest BCUT2D eigenvalue weighted by Gasteiger charge is 2.31. The highest BCUT2D eigenvalue weighted by molar-refractivity contribution is 5.97. The van der Waals surface area contributed by atoms with Gasteiger partial charge in [-0.3, -0.25) is 43.2 Å². The van der Waals surface area contributed by atoms with Gasteiger partial charge in [-0.15, -0.1) is 0 Å². The predicted molar refractivity (Wildman–Crippen MR) is 182 cm³/mol. The Morgan fingerprint density at radius 2 is 1.10 bits per heavy atom. The van der Waals surface area contributed by atoms with Crippen molar-refractivity contribution >= 4 is 53.3 Å². The molecule has 0 fully saturated rings. The molecule has 0 heterocycles. The van der Waals surface area contributed by atoms with E-state index in [1.165, 1.54) is 0 Å². The number of hydrogen-bond acceptors (Lipinski definition) is 11. The summed E-state index contributed by atoms with van der Waals surface area (Å²) >= 11 is 0. The zero-order chi connectivity index (χ0) is 39.3. The van der Waals surface area contributed by atoms with Gasteiger partial charge >= 0.3 is 11.9 Å². The van der Waals surface area contributed by atoms with Crippen LogP contribution in [0.3, 0.4) is 0 Å². The second-order valence-electron chi connectivity index (χ2n) is 12.9. The van der Waals surface area contributed by atoms with Gasteiger partial charge in [0.25, 0.3) is 0 Å². The first-order chi connectivity index (χ1) is 23.8. The van der Waals surface area contributed by atoms with Crippen LogP contribution >= 0.6 is 0 Å². The standard InChI is InChI=1S/C31H55N9O11/c1-16(2)11-18(33)27(47)39-22(13-23(34)41)29(49)35-14-24(42)37-19(7-5-6-10-32)30(50)38-20(8-9-25(43)44)31(51)40-21(12-17(3)4)28(48)36-15-26(45)46/h16-22H,5-15,32-33H2,1-4H3,(H2,34,41)(H,35,49)(H,36,48)(H,37,42)(H,38,50)(H,39,47)(H,40,51)(H,43,44)(H,45,46)/t18-,19-,20-,21-,22-/m0/s1. The molecule has 0 spiro atoms. The Kier molecular flexibility index (Phi) is 22.0. The number of carbonyl (C=O) groups excluding carboxylic acids is 7. The van der Waals surface area contributed by atoms with Crippen molar-refractivity contribution in [3.8, 4) is 0 Å². The smallest absolute Gasteiger partial charge is 0.322 e. The van der Waals surface area contributed by atoms with E-state index in [1.54, 1.807) is 13.8 Å². The number of nitrogens with one attached hydrogen (secondary N) is 6. The fourth-order valence-electron chi connectivity index (χ4n) is 4.67. The summed E-state index contributed by atoms with van der Waals surface area (Å²) in [6, 6.07) is -6.39. The highest BCUT2D eigenvalue weighted by Crippen LogP contribution is 2.09. The summed E-state index contributed by atoms with van der Waals surface area (Å²) in [5.41, 5.74) is 16.6. The molecule has 0 aliphatic carbocycles. The summed E-state index contributed by atoms with van der Waals surface area (Å²) in [4.78, 5) is 111. The van der Waals surface area contributed by atoms with Crippen molar-refractivity contribution < 1.29 is 53.4 Å². The highest BCUT2D eigenvalue weighted by atomic mass is 16.4. The number of amides is 7. The van der Waals surface area contributed by atoms with Gasteiger partial charge in [0.1, 0.15) is 30.7 Å². The van der Waals surface area contributed by atoms with Crippen LogP contribution in [-0.4, -0.2) is 113 Å². The third kappa shape index (κ3) is 21.1. The maximum Gasteiger partial charge on any atom is 0.322 e. The first kappa shape index (κ1) is 46.1. The van der Waals surface area contributed by atoms with Crippen LogP contribution in [0, 0.1) is 11.8 Å². The number of primary amides is 1. The van der Waals surface area contributed by atoms with Crippen LogP contribution in [0.15, 0.2) is 0 Å². The molecule has 51 heavy (non-hydrogen) atoms. The Bertz CT molecular complexity index is 1230. The molecule has 20 heteroatoms. The molecule has 20 nitrogen and oxygen atoms in total. The molecule has 5 atom stereocenters. The first-order valence-corrected chi connectivity index (χ1v) is 16.7. The van der Waals surface area contributed by atoms with Crippen LogP contribution < -0.4 is 49.1 Å². The van der Waals surface area contributed by atoms with E-state index in [4.69, 9.17) is 22.3 Å². The maximum atomic E-state index is 13.4. The average molecular weight is 730 g/mol. The van der Waals surface area contributed by atoms with Crippen molar-refractivity contribution in [3.05, 3.63) is 0 Å². The Hall–Kier alpha value is -4.85. The van der Waals surface area contributed by atoms with Gasteiger partial charge < -0.3 is 59.3 Å². The monoisotopic (exact) mass is 729 g/mol. The van der Waals surface area contributed by atoms with E-state index in [1.807, 2.05) is 13.8 Å². The summed E-state index contributed by atoms with van der Waals surface area (Å²) in [5, 5.41) is 32.2. The van der Waals surface area contributed by atoms with Gasteiger partial charge in [0.05, 0.1) is 19.0 Å². The number of carboxylic acids is 2. The normalized spacial score (nSPS) is 13.9. The lowest BCUT2D eigenvalue weighted by Gasteiger charge is -2.26. The molecular formula is C31H55N9O11. The molecule has 0 rings (SSSR count). The van der Waals surface area contributed by atoms with Crippen LogP contribution in [0.2, 0.25) is 0 Å². The molecule has 0 aromatic rings. The van der Waals surface area contributed by atoms with Gasteiger partial charge in [-0.2, -0.15) is 0 Å². The van der Waals surface area contributed by atoms with Crippen molar-refractivity contribution in [3.63, 3.8) is 0 Å².